The molecular formula is C12H24N2O4S. The summed E-state index contributed by atoms with van der Waals surface area (Å²) in [4.78, 5) is 13.0. The van der Waals surface area contributed by atoms with Crippen molar-refractivity contribution in [2.45, 2.75) is 32.2 Å². The Balaban J connectivity index is 2.65. The van der Waals surface area contributed by atoms with Crippen LogP contribution in [0.3, 0.4) is 0 Å². The minimum atomic E-state index is -3.15. The van der Waals surface area contributed by atoms with Crippen LogP contribution in [0.2, 0.25) is 0 Å². The van der Waals surface area contributed by atoms with Crippen molar-refractivity contribution in [1.29, 1.82) is 0 Å². The SMILES string of the molecule is CN(CC1CCCN(S(C)(=O)=O)C1)C(C)(C)C(=O)O. The van der Waals surface area contributed by atoms with E-state index in [0.717, 1.165) is 12.8 Å². The summed E-state index contributed by atoms with van der Waals surface area (Å²) in [5, 5.41) is 9.17. The van der Waals surface area contributed by atoms with Gasteiger partial charge < -0.3 is 5.11 Å². The number of likely N-dealkylation sites (N-methyl/N-ethyl adjacent to an activating group) is 1. The average molecular weight is 292 g/mol. The summed E-state index contributed by atoms with van der Waals surface area (Å²) in [6.45, 7) is 4.96. The zero-order chi connectivity index (χ0) is 14.8. The smallest absolute Gasteiger partial charge is 0.323 e. The molecule has 1 N–H and O–H groups in total. The van der Waals surface area contributed by atoms with E-state index in [2.05, 4.69) is 0 Å². The largest absolute Gasteiger partial charge is 0.480 e. The second-order valence-corrected chi connectivity index (χ2v) is 7.86. The van der Waals surface area contributed by atoms with E-state index >= 15 is 0 Å². The molecule has 0 radical (unpaired) electrons. The summed E-state index contributed by atoms with van der Waals surface area (Å²) in [6, 6.07) is 0. The van der Waals surface area contributed by atoms with Crippen LogP contribution in [0, 0.1) is 5.92 Å². The van der Waals surface area contributed by atoms with Crippen molar-refractivity contribution in [3.63, 3.8) is 0 Å². The first-order valence-electron chi connectivity index (χ1n) is 6.45. The fraction of sp³-hybridized carbons (Fsp3) is 0.917. The number of carboxylic acids is 1. The third-order valence-corrected chi connectivity index (χ3v) is 5.23. The summed E-state index contributed by atoms with van der Waals surface area (Å²) in [5.74, 6) is -0.683. The quantitative estimate of drug-likeness (QED) is 0.796. The molecule has 1 saturated heterocycles. The molecule has 1 aliphatic rings. The molecule has 1 fully saturated rings. The summed E-state index contributed by atoms with van der Waals surface area (Å²) in [7, 11) is -1.38. The van der Waals surface area contributed by atoms with E-state index in [1.165, 1.54) is 10.6 Å². The monoisotopic (exact) mass is 292 g/mol. The van der Waals surface area contributed by atoms with Crippen molar-refractivity contribution < 1.29 is 18.3 Å². The van der Waals surface area contributed by atoms with E-state index in [0.29, 0.717) is 19.6 Å². The maximum absolute atomic E-state index is 11.5. The van der Waals surface area contributed by atoms with Gasteiger partial charge in [0.05, 0.1) is 6.26 Å². The van der Waals surface area contributed by atoms with E-state index in [4.69, 9.17) is 0 Å². The summed E-state index contributed by atoms with van der Waals surface area (Å²) in [5.41, 5.74) is -0.937. The zero-order valence-electron chi connectivity index (χ0n) is 12.1. The number of rotatable bonds is 5. The van der Waals surface area contributed by atoms with E-state index in [1.54, 1.807) is 25.8 Å². The number of aliphatic carboxylic acids is 1. The minimum Gasteiger partial charge on any atom is -0.480 e. The molecule has 1 aliphatic heterocycles. The van der Waals surface area contributed by atoms with E-state index in [-0.39, 0.29) is 5.92 Å². The second kappa shape index (κ2) is 5.76. The predicted molar refractivity (Wildman–Crippen MR) is 73.5 cm³/mol. The number of hydrogen-bond acceptors (Lipinski definition) is 4. The van der Waals surface area contributed by atoms with Gasteiger partial charge in [0, 0.05) is 19.6 Å². The van der Waals surface area contributed by atoms with Gasteiger partial charge >= 0.3 is 5.97 Å². The number of nitrogens with zero attached hydrogens (tertiary/aromatic N) is 2. The Morgan fingerprint density at radius 3 is 2.53 bits per heavy atom. The van der Waals surface area contributed by atoms with Crippen LogP contribution in [0.15, 0.2) is 0 Å². The Morgan fingerprint density at radius 2 is 2.05 bits per heavy atom. The van der Waals surface area contributed by atoms with E-state index in [1.807, 2.05) is 0 Å². The van der Waals surface area contributed by atoms with E-state index < -0.39 is 21.5 Å². The third-order valence-electron chi connectivity index (χ3n) is 3.96. The lowest BCUT2D eigenvalue weighted by Crippen LogP contribution is -2.51. The van der Waals surface area contributed by atoms with Crippen LogP contribution in [-0.2, 0) is 14.8 Å². The summed E-state index contributed by atoms with van der Waals surface area (Å²) < 4.78 is 24.6. The van der Waals surface area contributed by atoms with Gasteiger partial charge in [-0.2, -0.15) is 0 Å². The Morgan fingerprint density at radius 1 is 1.47 bits per heavy atom. The fourth-order valence-corrected chi connectivity index (χ4v) is 3.20. The first kappa shape index (κ1) is 16.4. The average Bonchev–Trinajstić information content (AvgIpc) is 2.27. The van der Waals surface area contributed by atoms with Crippen LogP contribution in [0.25, 0.3) is 0 Å². The van der Waals surface area contributed by atoms with Gasteiger partial charge in [0.15, 0.2) is 0 Å². The van der Waals surface area contributed by atoms with Gasteiger partial charge in [-0.25, -0.2) is 12.7 Å². The predicted octanol–water partition coefficient (Wildman–Crippen LogP) is 0.453. The molecule has 0 bridgehead atoms. The Labute approximate surface area is 115 Å². The van der Waals surface area contributed by atoms with Crippen LogP contribution in [0.4, 0.5) is 0 Å². The first-order valence-corrected chi connectivity index (χ1v) is 8.29. The molecule has 0 aliphatic carbocycles. The fourth-order valence-electron chi connectivity index (χ4n) is 2.26. The van der Waals surface area contributed by atoms with Crippen LogP contribution in [0.1, 0.15) is 26.7 Å². The number of carbonyl (C=O) groups is 1. The maximum atomic E-state index is 11.5. The lowest BCUT2D eigenvalue weighted by molar-refractivity contribution is -0.148. The van der Waals surface area contributed by atoms with Crippen molar-refractivity contribution in [2.24, 2.45) is 5.92 Å². The normalized spacial score (nSPS) is 22.7. The number of piperidine rings is 1. The van der Waals surface area contributed by atoms with Gasteiger partial charge in [-0.1, -0.05) is 0 Å². The molecule has 0 spiro atoms. The highest BCUT2D eigenvalue weighted by molar-refractivity contribution is 7.88. The lowest BCUT2D eigenvalue weighted by atomic mass is 9.96. The molecule has 0 aromatic heterocycles. The first-order chi connectivity index (χ1) is 8.55. The van der Waals surface area contributed by atoms with Crippen molar-refractivity contribution in [3.8, 4) is 0 Å². The zero-order valence-corrected chi connectivity index (χ0v) is 12.9. The van der Waals surface area contributed by atoms with Gasteiger partial charge in [0.2, 0.25) is 10.0 Å². The molecule has 0 aromatic carbocycles. The van der Waals surface area contributed by atoms with E-state index in [9.17, 15) is 18.3 Å². The standard InChI is InChI=1S/C12H24N2O4S/c1-12(2,11(15)16)13(3)8-10-6-5-7-14(9-10)19(4,17)18/h10H,5-9H2,1-4H3,(H,15,16). The highest BCUT2D eigenvalue weighted by atomic mass is 32.2. The molecule has 112 valence electrons. The summed E-state index contributed by atoms with van der Waals surface area (Å²) in [6.07, 6.45) is 2.99. The van der Waals surface area contributed by atoms with Crippen molar-refractivity contribution >= 4 is 16.0 Å². The molecule has 1 heterocycles. The number of hydrogen-bond donors (Lipinski definition) is 1. The van der Waals surface area contributed by atoms with Crippen molar-refractivity contribution in [2.75, 3.05) is 32.9 Å². The molecule has 0 saturated carbocycles. The lowest BCUT2D eigenvalue weighted by Gasteiger charge is -2.37. The van der Waals surface area contributed by atoms with Crippen LogP contribution in [-0.4, -0.2) is 67.2 Å². The van der Waals surface area contributed by atoms with Gasteiger partial charge in [0.1, 0.15) is 5.54 Å². The molecule has 7 heteroatoms. The van der Waals surface area contributed by atoms with Gasteiger partial charge in [0.25, 0.3) is 0 Å². The molecule has 1 unspecified atom stereocenters. The number of carboxylic acid groups (broad SMARTS) is 1. The topological polar surface area (TPSA) is 77.9 Å². The molecule has 19 heavy (non-hydrogen) atoms. The van der Waals surface area contributed by atoms with Crippen LogP contribution >= 0.6 is 0 Å². The third kappa shape index (κ3) is 4.15. The van der Waals surface area contributed by atoms with Gasteiger partial charge in [-0.15, -0.1) is 0 Å². The van der Waals surface area contributed by atoms with Crippen molar-refractivity contribution in [3.05, 3.63) is 0 Å². The molecule has 0 aromatic rings. The van der Waals surface area contributed by atoms with Gasteiger partial charge in [-0.3, -0.25) is 9.69 Å². The molecule has 0 amide bonds. The van der Waals surface area contributed by atoms with Crippen molar-refractivity contribution in [1.82, 2.24) is 9.21 Å². The molecule has 1 rings (SSSR count). The van der Waals surface area contributed by atoms with Gasteiger partial charge in [-0.05, 0) is 39.7 Å². The maximum Gasteiger partial charge on any atom is 0.323 e. The number of sulfonamides is 1. The Bertz CT molecular complexity index is 433. The Kier molecular flexibility index (Phi) is 4.97. The molecule has 6 nitrogen and oxygen atoms in total. The highest BCUT2D eigenvalue weighted by Gasteiger charge is 2.34. The van der Waals surface area contributed by atoms with Crippen LogP contribution < -0.4 is 0 Å². The minimum absolute atomic E-state index is 0.187. The summed E-state index contributed by atoms with van der Waals surface area (Å²) >= 11 is 0. The second-order valence-electron chi connectivity index (χ2n) is 5.87. The molecule has 1 atom stereocenters. The Hall–Kier alpha value is -0.660. The van der Waals surface area contributed by atoms with Crippen LogP contribution in [0.5, 0.6) is 0 Å². The highest BCUT2D eigenvalue weighted by Crippen LogP contribution is 2.22. The molecular weight excluding hydrogens is 268 g/mol.